The maximum atomic E-state index is 11.7. The Labute approximate surface area is 105 Å². The van der Waals surface area contributed by atoms with Crippen LogP contribution in [-0.2, 0) is 9.53 Å². The predicted octanol–water partition coefficient (Wildman–Crippen LogP) is 1.18. The Morgan fingerprint density at radius 1 is 1.33 bits per heavy atom. The van der Waals surface area contributed by atoms with E-state index in [1.165, 1.54) is 31.2 Å². The van der Waals surface area contributed by atoms with Gasteiger partial charge in [-0.2, -0.15) is 0 Å². The van der Waals surface area contributed by atoms with Gasteiger partial charge in [0.2, 0.25) is 0 Å². The maximum Gasteiger partial charge on any atom is 0.338 e. The van der Waals surface area contributed by atoms with Crippen LogP contribution in [0.2, 0.25) is 0 Å². The number of likely N-dealkylation sites (N-methyl/N-ethyl adjacent to an activating group) is 1. The highest BCUT2D eigenvalue weighted by atomic mass is 16.5. The molecule has 1 amide bonds. The minimum atomic E-state index is -0.844. The summed E-state index contributed by atoms with van der Waals surface area (Å²) < 4.78 is 4.98. The lowest BCUT2D eigenvalue weighted by Gasteiger charge is -2.12. The number of amides is 1. The number of hydrogen-bond donors (Lipinski definition) is 1. The molecule has 1 N–H and O–H groups in total. The van der Waals surface area contributed by atoms with Crippen molar-refractivity contribution < 1.29 is 19.1 Å². The van der Waals surface area contributed by atoms with E-state index in [9.17, 15) is 14.4 Å². The summed E-state index contributed by atoms with van der Waals surface area (Å²) in [6, 6.07) is 5.99. The van der Waals surface area contributed by atoms with Crippen LogP contribution in [0.15, 0.2) is 24.3 Å². The van der Waals surface area contributed by atoms with Crippen molar-refractivity contribution in [1.29, 1.82) is 0 Å². The molecule has 0 saturated heterocycles. The molecule has 5 nitrogen and oxygen atoms in total. The summed E-state index contributed by atoms with van der Waals surface area (Å²) in [6.07, 6.45) is -0.157. The van der Waals surface area contributed by atoms with E-state index in [1.54, 1.807) is 6.92 Å². The van der Waals surface area contributed by atoms with Gasteiger partial charge in [0.1, 0.15) is 6.29 Å². The van der Waals surface area contributed by atoms with E-state index in [0.717, 1.165) is 0 Å². The molecule has 0 aliphatic rings. The Kier molecular flexibility index (Phi) is 5.05. The summed E-state index contributed by atoms with van der Waals surface area (Å²) in [5.74, 6) is -0.929. The van der Waals surface area contributed by atoms with Crippen LogP contribution in [0, 0.1) is 0 Å². The summed E-state index contributed by atoms with van der Waals surface area (Å²) in [5, 5.41) is 2.56. The van der Waals surface area contributed by atoms with Gasteiger partial charge >= 0.3 is 5.97 Å². The van der Waals surface area contributed by atoms with Crippen molar-refractivity contribution in [3.8, 4) is 0 Å². The van der Waals surface area contributed by atoms with E-state index in [2.05, 4.69) is 5.32 Å². The first kappa shape index (κ1) is 13.9. The minimum Gasteiger partial charge on any atom is -0.449 e. The molecule has 0 aromatic heterocycles. The van der Waals surface area contributed by atoms with Crippen molar-refractivity contribution in [1.82, 2.24) is 5.32 Å². The standard InChI is InChI=1S/C13H15NO4/c1-3-14-12(16)9(2)18-13(17)11-6-4-10(8-15)5-7-11/h4-9H,3H2,1-2H3,(H,14,16)/t9-/m0/s1. The second-order valence-electron chi connectivity index (χ2n) is 3.68. The third kappa shape index (κ3) is 3.69. The van der Waals surface area contributed by atoms with Gasteiger partial charge in [-0.1, -0.05) is 12.1 Å². The van der Waals surface area contributed by atoms with E-state index in [-0.39, 0.29) is 5.91 Å². The van der Waals surface area contributed by atoms with Gasteiger partial charge in [-0.15, -0.1) is 0 Å². The number of hydrogen-bond acceptors (Lipinski definition) is 4. The first-order valence-corrected chi connectivity index (χ1v) is 5.62. The average Bonchev–Trinajstić information content (AvgIpc) is 2.39. The van der Waals surface area contributed by atoms with Gasteiger partial charge in [0, 0.05) is 12.1 Å². The molecule has 0 aliphatic carbocycles. The van der Waals surface area contributed by atoms with Crippen LogP contribution in [-0.4, -0.2) is 30.8 Å². The fourth-order valence-corrected chi connectivity index (χ4v) is 1.30. The third-order valence-electron chi connectivity index (χ3n) is 2.29. The highest BCUT2D eigenvalue weighted by molar-refractivity contribution is 5.92. The molecule has 5 heteroatoms. The molecule has 0 bridgehead atoms. The monoisotopic (exact) mass is 249 g/mol. The van der Waals surface area contributed by atoms with Gasteiger partial charge in [0.25, 0.3) is 5.91 Å². The second kappa shape index (κ2) is 6.54. The third-order valence-corrected chi connectivity index (χ3v) is 2.29. The molecule has 18 heavy (non-hydrogen) atoms. The van der Waals surface area contributed by atoms with Crippen LogP contribution in [0.4, 0.5) is 0 Å². The van der Waals surface area contributed by atoms with Gasteiger partial charge in [-0.05, 0) is 26.0 Å². The number of carbonyl (C=O) groups is 3. The van der Waals surface area contributed by atoms with Crippen LogP contribution < -0.4 is 5.32 Å². The number of rotatable bonds is 5. The molecule has 0 radical (unpaired) electrons. The normalized spacial score (nSPS) is 11.4. The van der Waals surface area contributed by atoms with Crippen molar-refractivity contribution >= 4 is 18.2 Å². The predicted molar refractivity (Wildman–Crippen MR) is 65.4 cm³/mol. The number of carbonyl (C=O) groups excluding carboxylic acids is 3. The van der Waals surface area contributed by atoms with Gasteiger partial charge in [0.05, 0.1) is 5.56 Å². The molecule has 1 rings (SSSR count). The first-order chi connectivity index (χ1) is 8.58. The van der Waals surface area contributed by atoms with Gasteiger partial charge in [-0.25, -0.2) is 4.79 Å². The molecule has 0 aliphatic heterocycles. The lowest BCUT2D eigenvalue weighted by molar-refractivity contribution is -0.128. The van der Waals surface area contributed by atoms with Crippen LogP contribution in [0.3, 0.4) is 0 Å². The summed E-state index contributed by atoms with van der Waals surface area (Å²) in [7, 11) is 0. The van der Waals surface area contributed by atoms with Gasteiger partial charge in [-0.3, -0.25) is 9.59 Å². The molecule has 0 unspecified atom stereocenters. The molecular formula is C13H15NO4. The lowest BCUT2D eigenvalue weighted by atomic mass is 10.1. The topological polar surface area (TPSA) is 72.5 Å². The number of ether oxygens (including phenoxy) is 1. The smallest absolute Gasteiger partial charge is 0.338 e. The average molecular weight is 249 g/mol. The first-order valence-electron chi connectivity index (χ1n) is 5.62. The quantitative estimate of drug-likeness (QED) is 0.628. The van der Waals surface area contributed by atoms with Crippen LogP contribution >= 0.6 is 0 Å². The number of benzene rings is 1. The summed E-state index contributed by atoms with van der Waals surface area (Å²) in [6.45, 7) is 3.77. The number of nitrogens with one attached hydrogen (secondary N) is 1. The largest absolute Gasteiger partial charge is 0.449 e. The van der Waals surface area contributed by atoms with Crippen molar-refractivity contribution in [3.63, 3.8) is 0 Å². The zero-order valence-corrected chi connectivity index (χ0v) is 10.3. The Bertz CT molecular complexity index is 439. The Balaban J connectivity index is 2.64. The molecule has 1 aromatic carbocycles. The lowest BCUT2D eigenvalue weighted by Crippen LogP contribution is -2.35. The van der Waals surface area contributed by atoms with Crippen molar-refractivity contribution in [2.75, 3.05) is 6.54 Å². The van der Waals surface area contributed by atoms with Crippen LogP contribution in [0.1, 0.15) is 34.6 Å². The maximum absolute atomic E-state index is 11.7. The van der Waals surface area contributed by atoms with Crippen LogP contribution in [0.25, 0.3) is 0 Å². The molecule has 0 fully saturated rings. The van der Waals surface area contributed by atoms with E-state index < -0.39 is 12.1 Å². The van der Waals surface area contributed by atoms with E-state index in [4.69, 9.17) is 4.74 Å². The SMILES string of the molecule is CCNC(=O)[C@H](C)OC(=O)c1ccc(C=O)cc1. The summed E-state index contributed by atoms with van der Waals surface area (Å²) in [4.78, 5) is 33.5. The molecular weight excluding hydrogens is 234 g/mol. The van der Waals surface area contributed by atoms with Gasteiger partial charge < -0.3 is 10.1 Å². The summed E-state index contributed by atoms with van der Waals surface area (Å²) >= 11 is 0. The summed E-state index contributed by atoms with van der Waals surface area (Å²) in [5.41, 5.74) is 0.778. The van der Waals surface area contributed by atoms with E-state index in [0.29, 0.717) is 24.0 Å². The van der Waals surface area contributed by atoms with E-state index >= 15 is 0 Å². The molecule has 1 aromatic rings. The molecule has 1 atom stereocenters. The Hall–Kier alpha value is -2.17. The van der Waals surface area contributed by atoms with E-state index in [1.807, 2.05) is 0 Å². The molecule has 0 saturated carbocycles. The molecule has 0 heterocycles. The minimum absolute atomic E-state index is 0.303. The zero-order valence-electron chi connectivity index (χ0n) is 10.3. The number of esters is 1. The highest BCUT2D eigenvalue weighted by Crippen LogP contribution is 2.06. The Morgan fingerprint density at radius 3 is 2.44 bits per heavy atom. The zero-order chi connectivity index (χ0) is 13.5. The van der Waals surface area contributed by atoms with Crippen LogP contribution in [0.5, 0.6) is 0 Å². The molecule has 0 spiro atoms. The van der Waals surface area contributed by atoms with Gasteiger partial charge in [0.15, 0.2) is 6.10 Å². The fourth-order valence-electron chi connectivity index (χ4n) is 1.30. The molecule has 96 valence electrons. The second-order valence-corrected chi connectivity index (χ2v) is 3.68. The fraction of sp³-hybridized carbons (Fsp3) is 0.308. The Morgan fingerprint density at radius 2 is 1.94 bits per heavy atom. The van der Waals surface area contributed by atoms with Crippen molar-refractivity contribution in [3.05, 3.63) is 35.4 Å². The highest BCUT2D eigenvalue weighted by Gasteiger charge is 2.17. The van der Waals surface area contributed by atoms with Crippen molar-refractivity contribution in [2.24, 2.45) is 0 Å². The number of aldehydes is 1. The van der Waals surface area contributed by atoms with Crippen molar-refractivity contribution in [2.45, 2.75) is 20.0 Å².